The Morgan fingerprint density at radius 3 is 2.40 bits per heavy atom. The number of carbonyl (C=O) groups excluding carboxylic acids is 1. The molecule has 0 fully saturated rings. The van der Waals surface area contributed by atoms with Crippen LogP contribution in [0.3, 0.4) is 0 Å². The van der Waals surface area contributed by atoms with Gasteiger partial charge in [-0.15, -0.1) is 0 Å². The standard InChI is InChI=1S/C15H16BrNO2Se/c1-15(2,3)19-14(18)12-11(8-20-13(12)17)9-4-6-10(16)7-5-9/h4-8H,17H2,1-3H3. The molecule has 20 heavy (non-hydrogen) atoms. The van der Waals surface area contributed by atoms with E-state index in [4.69, 9.17) is 10.5 Å². The summed E-state index contributed by atoms with van der Waals surface area (Å²) in [5, 5.41) is 0. The predicted octanol–water partition coefficient (Wildman–Crippen LogP) is 3.71. The molecule has 1 aromatic carbocycles. The Morgan fingerprint density at radius 2 is 1.85 bits per heavy atom. The van der Waals surface area contributed by atoms with Crippen LogP contribution in [-0.4, -0.2) is 26.1 Å². The molecule has 1 heterocycles. The van der Waals surface area contributed by atoms with Crippen LogP contribution in [0.5, 0.6) is 0 Å². The zero-order valence-electron chi connectivity index (χ0n) is 11.6. The summed E-state index contributed by atoms with van der Waals surface area (Å²) in [6, 6.07) is 7.83. The second-order valence-electron chi connectivity index (χ2n) is 5.40. The molecule has 0 atom stereocenters. The van der Waals surface area contributed by atoms with Crippen molar-refractivity contribution >= 4 is 41.0 Å². The summed E-state index contributed by atoms with van der Waals surface area (Å²) in [7, 11) is 0. The molecule has 0 unspecified atom stereocenters. The van der Waals surface area contributed by atoms with Gasteiger partial charge >= 0.3 is 133 Å². The van der Waals surface area contributed by atoms with Crippen LogP contribution in [-0.2, 0) is 4.74 Å². The van der Waals surface area contributed by atoms with Gasteiger partial charge in [0.05, 0.1) is 0 Å². The fourth-order valence-corrected chi connectivity index (χ4v) is 3.72. The molecule has 5 heteroatoms. The monoisotopic (exact) mass is 401 g/mol. The summed E-state index contributed by atoms with van der Waals surface area (Å²) < 4.78 is 7.08. The van der Waals surface area contributed by atoms with Crippen molar-refractivity contribution in [2.75, 3.05) is 5.73 Å². The molecule has 106 valence electrons. The molecule has 2 aromatic rings. The van der Waals surface area contributed by atoms with Crippen LogP contribution in [0.1, 0.15) is 31.1 Å². The molecule has 0 amide bonds. The molecule has 0 saturated carbocycles. The third kappa shape index (κ3) is 3.54. The van der Waals surface area contributed by atoms with Gasteiger partial charge in [0, 0.05) is 0 Å². The minimum atomic E-state index is -0.523. The van der Waals surface area contributed by atoms with E-state index >= 15 is 0 Å². The van der Waals surface area contributed by atoms with Crippen LogP contribution < -0.4 is 5.73 Å². The zero-order valence-corrected chi connectivity index (χ0v) is 14.9. The average molecular weight is 401 g/mol. The number of rotatable bonds is 2. The minimum absolute atomic E-state index is 0.00858. The Kier molecular flexibility index (Phi) is 4.42. The van der Waals surface area contributed by atoms with Crippen molar-refractivity contribution < 1.29 is 9.53 Å². The molecule has 0 bridgehead atoms. The summed E-state index contributed by atoms with van der Waals surface area (Å²) >= 11 is 3.41. The first kappa shape index (κ1) is 15.4. The number of hydrogen-bond acceptors (Lipinski definition) is 3. The van der Waals surface area contributed by atoms with Crippen molar-refractivity contribution in [3.8, 4) is 11.1 Å². The van der Waals surface area contributed by atoms with Crippen molar-refractivity contribution in [1.82, 2.24) is 0 Å². The van der Waals surface area contributed by atoms with E-state index in [0.717, 1.165) is 15.6 Å². The molecule has 0 spiro atoms. The normalized spacial score (nSPS) is 11.4. The van der Waals surface area contributed by atoms with E-state index in [1.165, 1.54) is 0 Å². The zero-order chi connectivity index (χ0) is 14.9. The van der Waals surface area contributed by atoms with E-state index in [-0.39, 0.29) is 20.5 Å². The summed E-state index contributed by atoms with van der Waals surface area (Å²) in [6.07, 6.45) is 0. The first-order valence-corrected chi connectivity index (χ1v) is 8.78. The predicted molar refractivity (Wildman–Crippen MR) is 86.1 cm³/mol. The van der Waals surface area contributed by atoms with Gasteiger partial charge in [-0.2, -0.15) is 0 Å². The second kappa shape index (κ2) is 5.76. The third-order valence-corrected chi connectivity index (χ3v) is 4.81. The maximum absolute atomic E-state index is 12.3. The molecule has 3 nitrogen and oxygen atoms in total. The molecule has 0 radical (unpaired) electrons. The summed E-state index contributed by atoms with van der Waals surface area (Å²) in [5.74, 6) is -0.344. The van der Waals surface area contributed by atoms with Gasteiger partial charge in [0.2, 0.25) is 0 Å². The average Bonchev–Trinajstić information content (AvgIpc) is 2.70. The van der Waals surface area contributed by atoms with Crippen molar-refractivity contribution in [2.24, 2.45) is 0 Å². The maximum atomic E-state index is 12.3. The van der Waals surface area contributed by atoms with Crippen LogP contribution in [0.15, 0.2) is 33.7 Å². The topological polar surface area (TPSA) is 52.3 Å². The van der Waals surface area contributed by atoms with Gasteiger partial charge in [0.25, 0.3) is 0 Å². The Bertz CT molecular complexity index is 626. The van der Waals surface area contributed by atoms with Gasteiger partial charge in [0.1, 0.15) is 0 Å². The SMILES string of the molecule is CC(C)(C)OC(=O)c1c(-c2ccc(Br)cc2)c[se]c1N. The molecule has 2 rings (SSSR count). The molecule has 1 aromatic heterocycles. The van der Waals surface area contributed by atoms with Crippen LogP contribution >= 0.6 is 15.9 Å². The number of hydrogen-bond donors (Lipinski definition) is 1. The fourth-order valence-electron chi connectivity index (χ4n) is 1.75. The number of anilines is 1. The molecular weight excluding hydrogens is 385 g/mol. The van der Waals surface area contributed by atoms with Gasteiger partial charge in [-0.3, -0.25) is 0 Å². The molecule has 2 N–H and O–H groups in total. The van der Waals surface area contributed by atoms with E-state index in [1.54, 1.807) is 0 Å². The van der Waals surface area contributed by atoms with Gasteiger partial charge in [-0.05, 0) is 0 Å². The Labute approximate surface area is 133 Å². The Morgan fingerprint density at radius 1 is 1.25 bits per heavy atom. The number of benzene rings is 1. The number of halogens is 1. The third-order valence-electron chi connectivity index (χ3n) is 2.58. The number of esters is 1. The first-order valence-electron chi connectivity index (χ1n) is 6.14. The Hall–Kier alpha value is -1.03. The summed E-state index contributed by atoms with van der Waals surface area (Å²) in [5.41, 5.74) is 7.86. The number of nitrogens with two attached hydrogens (primary N) is 1. The van der Waals surface area contributed by atoms with Crippen molar-refractivity contribution in [3.63, 3.8) is 0 Å². The molecule has 0 saturated heterocycles. The van der Waals surface area contributed by atoms with Gasteiger partial charge in [-0.25, -0.2) is 0 Å². The van der Waals surface area contributed by atoms with Crippen molar-refractivity contribution in [2.45, 2.75) is 26.4 Å². The van der Waals surface area contributed by atoms with Gasteiger partial charge in [-0.1, -0.05) is 0 Å². The number of carbonyl (C=O) groups is 1. The second-order valence-corrected chi connectivity index (χ2v) is 8.22. The molecule has 0 aliphatic carbocycles. The van der Waals surface area contributed by atoms with E-state index in [2.05, 4.69) is 15.9 Å². The van der Waals surface area contributed by atoms with Gasteiger partial charge in [0.15, 0.2) is 0 Å². The van der Waals surface area contributed by atoms with E-state index in [0.29, 0.717) is 10.1 Å². The van der Waals surface area contributed by atoms with Crippen molar-refractivity contribution in [3.05, 3.63) is 39.2 Å². The van der Waals surface area contributed by atoms with Crippen LogP contribution in [0, 0.1) is 0 Å². The van der Waals surface area contributed by atoms with E-state index in [1.807, 2.05) is 50.0 Å². The molecule has 0 aliphatic rings. The summed E-state index contributed by atoms with van der Waals surface area (Å²) in [4.78, 5) is 14.4. The van der Waals surface area contributed by atoms with Crippen LogP contribution in [0.4, 0.5) is 4.56 Å². The molecular formula is C15H16BrNO2Se. The van der Waals surface area contributed by atoms with Gasteiger partial charge < -0.3 is 0 Å². The number of ether oxygens (including phenoxy) is 1. The van der Waals surface area contributed by atoms with Crippen LogP contribution in [0.25, 0.3) is 11.1 Å². The summed E-state index contributed by atoms with van der Waals surface area (Å²) in [6.45, 7) is 5.56. The van der Waals surface area contributed by atoms with E-state index < -0.39 is 5.60 Å². The molecule has 0 aliphatic heterocycles. The fraction of sp³-hybridized carbons (Fsp3) is 0.267. The van der Waals surface area contributed by atoms with E-state index in [9.17, 15) is 4.79 Å². The first-order chi connectivity index (χ1) is 9.28. The Balaban J connectivity index is 2.42. The number of nitrogen functional groups attached to an aromatic ring is 1. The van der Waals surface area contributed by atoms with Crippen molar-refractivity contribution in [1.29, 1.82) is 0 Å². The van der Waals surface area contributed by atoms with Crippen LogP contribution in [0.2, 0.25) is 0 Å². The quantitative estimate of drug-likeness (QED) is 0.617.